The van der Waals surface area contributed by atoms with Crippen molar-refractivity contribution in [1.82, 2.24) is 9.97 Å². The minimum atomic E-state index is -0.399. The molecule has 0 aliphatic heterocycles. The number of anilines is 1. The molecule has 0 amide bonds. The van der Waals surface area contributed by atoms with Gasteiger partial charge in [-0.05, 0) is 25.7 Å². The molecule has 1 fully saturated rings. The van der Waals surface area contributed by atoms with Crippen LogP contribution in [0, 0.1) is 12.8 Å². The molecule has 0 bridgehead atoms. The summed E-state index contributed by atoms with van der Waals surface area (Å²) in [5.74, 6) is 1.52. The van der Waals surface area contributed by atoms with E-state index < -0.39 is 5.97 Å². The van der Waals surface area contributed by atoms with E-state index in [9.17, 15) is 4.79 Å². The molecular formula is C13H19N3O2. The van der Waals surface area contributed by atoms with E-state index in [0.29, 0.717) is 23.1 Å². The minimum absolute atomic E-state index is 0.399. The quantitative estimate of drug-likeness (QED) is 0.828. The molecule has 1 aliphatic carbocycles. The zero-order valence-electron chi connectivity index (χ0n) is 10.9. The Labute approximate surface area is 107 Å². The molecule has 1 saturated carbocycles. The highest BCUT2D eigenvalue weighted by molar-refractivity contribution is 5.94. The Hall–Kier alpha value is -1.65. The summed E-state index contributed by atoms with van der Waals surface area (Å²) in [5, 5.41) is 3.26. The van der Waals surface area contributed by atoms with Crippen molar-refractivity contribution in [2.24, 2.45) is 5.92 Å². The van der Waals surface area contributed by atoms with Crippen molar-refractivity contribution in [3.8, 4) is 0 Å². The SMILES string of the molecule is COC(=O)c1cnc(C)nc1NCC1CCCC1. The highest BCUT2D eigenvalue weighted by Gasteiger charge is 2.18. The van der Waals surface area contributed by atoms with Crippen LogP contribution in [-0.4, -0.2) is 29.6 Å². The maximum atomic E-state index is 11.6. The third kappa shape index (κ3) is 2.97. The highest BCUT2D eigenvalue weighted by atomic mass is 16.5. The minimum Gasteiger partial charge on any atom is -0.465 e. The standard InChI is InChI=1S/C13H19N3O2/c1-9-14-8-11(13(17)18-2)12(16-9)15-7-10-5-3-4-6-10/h8,10H,3-7H2,1-2H3,(H,14,15,16). The van der Waals surface area contributed by atoms with Crippen molar-refractivity contribution in [2.45, 2.75) is 32.6 Å². The second-order valence-corrected chi connectivity index (χ2v) is 4.70. The molecule has 5 heteroatoms. The van der Waals surface area contributed by atoms with Crippen LogP contribution in [-0.2, 0) is 4.74 Å². The first-order chi connectivity index (χ1) is 8.70. The van der Waals surface area contributed by atoms with Gasteiger partial charge in [0.2, 0.25) is 0 Å². The van der Waals surface area contributed by atoms with Crippen LogP contribution in [0.3, 0.4) is 0 Å². The first kappa shape index (κ1) is 12.8. The van der Waals surface area contributed by atoms with E-state index >= 15 is 0 Å². The number of carbonyl (C=O) groups excluding carboxylic acids is 1. The van der Waals surface area contributed by atoms with Crippen LogP contribution in [0.15, 0.2) is 6.20 Å². The predicted molar refractivity (Wildman–Crippen MR) is 68.6 cm³/mol. The van der Waals surface area contributed by atoms with Gasteiger partial charge in [-0.25, -0.2) is 14.8 Å². The van der Waals surface area contributed by atoms with Crippen molar-refractivity contribution >= 4 is 11.8 Å². The van der Waals surface area contributed by atoms with Crippen molar-refractivity contribution in [3.05, 3.63) is 17.6 Å². The number of ether oxygens (including phenoxy) is 1. The topological polar surface area (TPSA) is 64.1 Å². The molecule has 1 heterocycles. The van der Waals surface area contributed by atoms with Gasteiger partial charge >= 0.3 is 5.97 Å². The fraction of sp³-hybridized carbons (Fsp3) is 0.615. The summed E-state index contributed by atoms with van der Waals surface area (Å²) in [5.41, 5.74) is 0.404. The van der Waals surface area contributed by atoms with Crippen LogP contribution in [0.4, 0.5) is 5.82 Å². The first-order valence-electron chi connectivity index (χ1n) is 6.36. The summed E-state index contributed by atoms with van der Waals surface area (Å²) in [7, 11) is 1.36. The van der Waals surface area contributed by atoms with Gasteiger partial charge < -0.3 is 10.1 Å². The van der Waals surface area contributed by atoms with Crippen LogP contribution < -0.4 is 5.32 Å². The van der Waals surface area contributed by atoms with E-state index in [1.54, 1.807) is 0 Å². The Kier molecular flexibility index (Phi) is 4.12. The van der Waals surface area contributed by atoms with Crippen molar-refractivity contribution in [2.75, 3.05) is 19.0 Å². The molecule has 0 spiro atoms. The van der Waals surface area contributed by atoms with Crippen molar-refractivity contribution in [3.63, 3.8) is 0 Å². The molecule has 0 atom stereocenters. The van der Waals surface area contributed by atoms with Gasteiger partial charge in [-0.2, -0.15) is 0 Å². The average molecular weight is 249 g/mol. The van der Waals surface area contributed by atoms with E-state index in [1.807, 2.05) is 6.92 Å². The number of rotatable bonds is 4. The third-order valence-electron chi connectivity index (χ3n) is 3.35. The second kappa shape index (κ2) is 5.80. The Morgan fingerprint density at radius 3 is 2.89 bits per heavy atom. The molecule has 0 unspecified atom stereocenters. The molecule has 1 aliphatic rings. The molecule has 1 aromatic rings. The molecule has 5 nitrogen and oxygen atoms in total. The zero-order chi connectivity index (χ0) is 13.0. The smallest absolute Gasteiger partial charge is 0.343 e. The van der Waals surface area contributed by atoms with Crippen LogP contribution in [0.2, 0.25) is 0 Å². The molecular weight excluding hydrogens is 230 g/mol. The third-order valence-corrected chi connectivity index (χ3v) is 3.35. The molecule has 98 valence electrons. The lowest BCUT2D eigenvalue weighted by molar-refractivity contribution is 0.0601. The van der Waals surface area contributed by atoms with Gasteiger partial charge in [-0.15, -0.1) is 0 Å². The molecule has 18 heavy (non-hydrogen) atoms. The summed E-state index contributed by atoms with van der Waals surface area (Å²) in [4.78, 5) is 19.9. The van der Waals surface area contributed by atoms with Crippen LogP contribution in [0.25, 0.3) is 0 Å². The molecule has 1 N–H and O–H groups in total. The lowest BCUT2D eigenvalue weighted by Gasteiger charge is -2.13. The largest absolute Gasteiger partial charge is 0.465 e. The second-order valence-electron chi connectivity index (χ2n) is 4.70. The number of nitrogens with one attached hydrogen (secondary N) is 1. The number of esters is 1. The van der Waals surface area contributed by atoms with Crippen molar-refractivity contribution in [1.29, 1.82) is 0 Å². The first-order valence-corrected chi connectivity index (χ1v) is 6.36. The van der Waals surface area contributed by atoms with E-state index in [-0.39, 0.29) is 0 Å². The Morgan fingerprint density at radius 1 is 1.50 bits per heavy atom. The average Bonchev–Trinajstić information content (AvgIpc) is 2.88. The Bertz CT molecular complexity index is 428. The lowest BCUT2D eigenvalue weighted by Crippen LogP contribution is -2.16. The molecule has 0 radical (unpaired) electrons. The number of nitrogens with zero attached hydrogens (tertiary/aromatic N) is 2. The highest BCUT2D eigenvalue weighted by Crippen LogP contribution is 2.25. The lowest BCUT2D eigenvalue weighted by atomic mass is 10.1. The van der Waals surface area contributed by atoms with Crippen LogP contribution >= 0.6 is 0 Å². The summed E-state index contributed by atoms with van der Waals surface area (Å²) in [6.45, 7) is 2.67. The maximum Gasteiger partial charge on any atom is 0.343 e. The summed E-state index contributed by atoms with van der Waals surface area (Å²) in [6, 6.07) is 0. The van der Waals surface area contributed by atoms with E-state index in [2.05, 4.69) is 15.3 Å². The number of methoxy groups -OCH3 is 1. The molecule has 2 rings (SSSR count). The van der Waals surface area contributed by atoms with Crippen molar-refractivity contribution < 1.29 is 9.53 Å². The van der Waals surface area contributed by atoms with Crippen LogP contribution in [0.1, 0.15) is 41.9 Å². The fourth-order valence-electron chi connectivity index (χ4n) is 2.32. The molecule has 1 aromatic heterocycles. The monoisotopic (exact) mass is 249 g/mol. The Balaban J connectivity index is 2.08. The summed E-state index contributed by atoms with van der Waals surface area (Å²) in [6.07, 6.45) is 6.64. The van der Waals surface area contributed by atoms with E-state index in [0.717, 1.165) is 6.54 Å². The van der Waals surface area contributed by atoms with Gasteiger partial charge in [0.05, 0.1) is 7.11 Å². The van der Waals surface area contributed by atoms with Gasteiger partial charge in [0, 0.05) is 12.7 Å². The number of hydrogen-bond acceptors (Lipinski definition) is 5. The zero-order valence-corrected chi connectivity index (χ0v) is 10.9. The number of aryl methyl sites for hydroxylation is 1. The number of hydrogen-bond donors (Lipinski definition) is 1. The van der Waals surface area contributed by atoms with Gasteiger partial charge in [0.1, 0.15) is 17.2 Å². The van der Waals surface area contributed by atoms with Gasteiger partial charge in [0.25, 0.3) is 0 Å². The summed E-state index contributed by atoms with van der Waals surface area (Å²) < 4.78 is 4.73. The van der Waals surface area contributed by atoms with Gasteiger partial charge in [-0.1, -0.05) is 12.8 Å². The van der Waals surface area contributed by atoms with Gasteiger partial charge in [0.15, 0.2) is 0 Å². The molecule has 0 saturated heterocycles. The van der Waals surface area contributed by atoms with E-state index in [4.69, 9.17) is 4.74 Å². The Morgan fingerprint density at radius 2 is 2.22 bits per heavy atom. The predicted octanol–water partition coefficient (Wildman–Crippen LogP) is 2.17. The fourth-order valence-corrected chi connectivity index (χ4v) is 2.32. The van der Waals surface area contributed by atoms with E-state index in [1.165, 1.54) is 39.0 Å². The maximum absolute atomic E-state index is 11.6. The van der Waals surface area contributed by atoms with Gasteiger partial charge in [-0.3, -0.25) is 0 Å². The molecule has 0 aromatic carbocycles. The summed E-state index contributed by atoms with van der Waals surface area (Å²) >= 11 is 0. The van der Waals surface area contributed by atoms with Crippen LogP contribution in [0.5, 0.6) is 0 Å². The number of carbonyl (C=O) groups is 1. The number of aromatic nitrogens is 2. The normalized spacial score (nSPS) is 15.7.